The van der Waals surface area contributed by atoms with Crippen molar-refractivity contribution in [3.05, 3.63) is 109 Å². The van der Waals surface area contributed by atoms with E-state index in [1.54, 1.807) is 12.4 Å². The number of carbonyl (C=O) groups excluding carboxylic acids is 2. The van der Waals surface area contributed by atoms with Gasteiger partial charge in [0.2, 0.25) is 11.8 Å². The third-order valence-electron chi connectivity index (χ3n) is 8.16. The third-order valence-corrected chi connectivity index (χ3v) is 8.16. The van der Waals surface area contributed by atoms with Crippen LogP contribution >= 0.6 is 0 Å². The van der Waals surface area contributed by atoms with Crippen LogP contribution in [0.5, 0.6) is 0 Å². The van der Waals surface area contributed by atoms with Gasteiger partial charge in [0.1, 0.15) is 0 Å². The van der Waals surface area contributed by atoms with Gasteiger partial charge in [-0.1, -0.05) is 60.7 Å². The molecular formula is C36H30N4O2. The van der Waals surface area contributed by atoms with Gasteiger partial charge in [-0.05, 0) is 60.4 Å². The summed E-state index contributed by atoms with van der Waals surface area (Å²) in [6.07, 6.45) is 6.26. The van der Waals surface area contributed by atoms with Crippen molar-refractivity contribution in [1.82, 2.24) is 9.97 Å². The Morgan fingerprint density at radius 2 is 0.881 bits per heavy atom. The van der Waals surface area contributed by atoms with Crippen molar-refractivity contribution < 1.29 is 9.59 Å². The number of pyridine rings is 2. The average molecular weight is 551 g/mol. The summed E-state index contributed by atoms with van der Waals surface area (Å²) in [5.74, 6) is 0.223. The van der Waals surface area contributed by atoms with Crippen LogP contribution in [0.4, 0.5) is 11.4 Å². The second-order valence-corrected chi connectivity index (χ2v) is 10.7. The fourth-order valence-electron chi connectivity index (χ4n) is 6.19. The van der Waals surface area contributed by atoms with E-state index in [1.165, 1.54) is 0 Å². The van der Waals surface area contributed by atoms with Crippen LogP contribution in [0.2, 0.25) is 0 Å². The molecule has 2 amide bonds. The molecule has 2 saturated heterocycles. The Kier molecular flexibility index (Phi) is 6.80. The van der Waals surface area contributed by atoms with Crippen molar-refractivity contribution in [3.8, 4) is 44.8 Å². The van der Waals surface area contributed by atoms with Gasteiger partial charge in [0, 0.05) is 60.6 Å². The predicted molar refractivity (Wildman–Crippen MR) is 167 cm³/mol. The second kappa shape index (κ2) is 11.1. The average Bonchev–Trinajstić information content (AvgIpc) is 3.68. The summed E-state index contributed by atoms with van der Waals surface area (Å²) < 4.78 is 0. The highest BCUT2D eigenvalue weighted by Crippen LogP contribution is 2.47. The molecule has 0 bridgehead atoms. The van der Waals surface area contributed by atoms with E-state index in [0.717, 1.165) is 69.0 Å². The molecule has 5 aromatic rings. The Labute approximate surface area is 245 Å². The molecule has 7 rings (SSSR count). The number of benzene rings is 3. The van der Waals surface area contributed by atoms with Crippen molar-refractivity contribution >= 4 is 23.2 Å². The van der Waals surface area contributed by atoms with Crippen LogP contribution in [0.15, 0.2) is 109 Å². The van der Waals surface area contributed by atoms with Crippen LogP contribution in [-0.4, -0.2) is 34.9 Å². The first kappa shape index (κ1) is 25.8. The smallest absolute Gasteiger partial charge is 0.227 e. The molecule has 2 aliphatic heterocycles. The minimum absolute atomic E-state index is 0.112. The van der Waals surface area contributed by atoms with Gasteiger partial charge in [0.25, 0.3) is 0 Å². The summed E-state index contributed by atoms with van der Waals surface area (Å²) in [5.41, 5.74) is 9.15. The minimum Gasteiger partial charge on any atom is -0.312 e. The summed E-state index contributed by atoms with van der Waals surface area (Å²) in [6.45, 7) is 1.31. The molecule has 0 N–H and O–H groups in total. The standard InChI is InChI=1S/C36H30N4O2/c41-35-17-9-21-39(35)33-24-30(26-12-2-4-14-28(26)32-16-6-8-20-38-32)34(40-22-10-18-36(40)42)23-29(33)25-11-1-3-13-27(25)31-15-5-7-19-37-31/h1-8,11-16,19-20,23-24H,9-10,17-18,21-22H2. The zero-order valence-corrected chi connectivity index (χ0v) is 23.2. The molecule has 42 heavy (non-hydrogen) atoms. The lowest BCUT2D eigenvalue weighted by atomic mass is 9.89. The number of amides is 2. The molecule has 0 atom stereocenters. The normalized spacial score (nSPS) is 15.0. The summed E-state index contributed by atoms with van der Waals surface area (Å²) in [4.78, 5) is 39.7. The predicted octanol–water partition coefficient (Wildman–Crippen LogP) is 7.40. The molecule has 0 aliphatic carbocycles. The molecule has 0 saturated carbocycles. The Hall–Kier alpha value is -5.10. The molecule has 206 valence electrons. The Morgan fingerprint density at radius 3 is 1.24 bits per heavy atom. The van der Waals surface area contributed by atoms with Crippen LogP contribution in [-0.2, 0) is 9.59 Å². The van der Waals surface area contributed by atoms with Crippen LogP contribution in [0.25, 0.3) is 44.8 Å². The Balaban J connectivity index is 1.53. The number of rotatable bonds is 6. The molecule has 2 aromatic heterocycles. The number of anilines is 2. The fraction of sp³-hybridized carbons (Fsp3) is 0.167. The molecule has 2 aliphatic rings. The van der Waals surface area contributed by atoms with E-state index < -0.39 is 0 Å². The Bertz CT molecular complexity index is 1650. The monoisotopic (exact) mass is 550 g/mol. The first-order chi connectivity index (χ1) is 20.7. The maximum absolute atomic E-state index is 13.3. The highest BCUT2D eigenvalue weighted by Gasteiger charge is 2.31. The molecule has 0 unspecified atom stereocenters. The molecule has 3 aromatic carbocycles. The maximum Gasteiger partial charge on any atom is 0.227 e. The fourth-order valence-corrected chi connectivity index (χ4v) is 6.19. The lowest BCUT2D eigenvalue weighted by Crippen LogP contribution is -2.27. The van der Waals surface area contributed by atoms with Gasteiger partial charge < -0.3 is 9.80 Å². The SMILES string of the molecule is O=C1CCCN1c1cc(-c2ccccc2-c2ccccn2)c(N2CCCC2=O)cc1-c1ccccc1-c1ccccn1. The van der Waals surface area contributed by atoms with E-state index in [-0.39, 0.29) is 11.8 Å². The van der Waals surface area contributed by atoms with Gasteiger partial charge in [-0.25, -0.2) is 0 Å². The molecule has 0 radical (unpaired) electrons. The lowest BCUT2D eigenvalue weighted by Gasteiger charge is -2.28. The highest BCUT2D eigenvalue weighted by atomic mass is 16.2. The lowest BCUT2D eigenvalue weighted by molar-refractivity contribution is -0.117. The number of aromatic nitrogens is 2. The topological polar surface area (TPSA) is 66.4 Å². The number of carbonyl (C=O) groups is 2. The largest absolute Gasteiger partial charge is 0.312 e. The quantitative estimate of drug-likeness (QED) is 0.221. The number of hydrogen-bond acceptors (Lipinski definition) is 4. The summed E-state index contributed by atoms with van der Waals surface area (Å²) in [6, 6.07) is 32.4. The second-order valence-electron chi connectivity index (χ2n) is 10.7. The van der Waals surface area contributed by atoms with Crippen LogP contribution < -0.4 is 9.80 Å². The number of hydrogen-bond donors (Lipinski definition) is 0. The van der Waals surface area contributed by atoms with Crippen molar-refractivity contribution in [3.63, 3.8) is 0 Å². The van der Waals surface area contributed by atoms with Crippen LogP contribution in [0.3, 0.4) is 0 Å². The van der Waals surface area contributed by atoms with Crippen LogP contribution in [0.1, 0.15) is 25.7 Å². The van der Waals surface area contributed by atoms with E-state index in [1.807, 2.05) is 70.5 Å². The molecule has 6 nitrogen and oxygen atoms in total. The van der Waals surface area contributed by atoms with E-state index in [2.05, 4.69) is 46.4 Å². The van der Waals surface area contributed by atoms with Crippen LogP contribution in [0, 0.1) is 0 Å². The zero-order valence-electron chi connectivity index (χ0n) is 23.2. The molecule has 4 heterocycles. The van der Waals surface area contributed by atoms with Crippen molar-refractivity contribution in [2.24, 2.45) is 0 Å². The van der Waals surface area contributed by atoms with Crippen molar-refractivity contribution in [1.29, 1.82) is 0 Å². The van der Waals surface area contributed by atoms with Gasteiger partial charge in [0.15, 0.2) is 0 Å². The summed E-state index contributed by atoms with van der Waals surface area (Å²) in [5, 5.41) is 0. The highest BCUT2D eigenvalue weighted by molar-refractivity contribution is 6.08. The minimum atomic E-state index is 0.112. The number of nitrogens with zero attached hydrogens (tertiary/aromatic N) is 4. The molecule has 2 fully saturated rings. The third kappa shape index (κ3) is 4.65. The van der Waals surface area contributed by atoms with Gasteiger partial charge in [0.05, 0.1) is 22.8 Å². The first-order valence-electron chi connectivity index (χ1n) is 14.5. The first-order valence-corrected chi connectivity index (χ1v) is 14.5. The van der Waals surface area contributed by atoms with E-state index in [0.29, 0.717) is 25.9 Å². The van der Waals surface area contributed by atoms with E-state index >= 15 is 0 Å². The Morgan fingerprint density at radius 1 is 0.476 bits per heavy atom. The summed E-state index contributed by atoms with van der Waals surface area (Å²) in [7, 11) is 0. The van der Waals surface area contributed by atoms with Gasteiger partial charge >= 0.3 is 0 Å². The van der Waals surface area contributed by atoms with Gasteiger partial charge in [-0.3, -0.25) is 19.6 Å². The molecule has 6 heteroatoms. The zero-order chi connectivity index (χ0) is 28.5. The van der Waals surface area contributed by atoms with E-state index in [4.69, 9.17) is 0 Å². The molecule has 0 spiro atoms. The maximum atomic E-state index is 13.3. The molecular weight excluding hydrogens is 520 g/mol. The van der Waals surface area contributed by atoms with Crippen molar-refractivity contribution in [2.75, 3.05) is 22.9 Å². The van der Waals surface area contributed by atoms with Crippen molar-refractivity contribution in [2.45, 2.75) is 25.7 Å². The summed E-state index contributed by atoms with van der Waals surface area (Å²) >= 11 is 0. The van der Waals surface area contributed by atoms with Gasteiger partial charge in [-0.2, -0.15) is 0 Å². The van der Waals surface area contributed by atoms with E-state index in [9.17, 15) is 9.59 Å². The van der Waals surface area contributed by atoms with Gasteiger partial charge in [-0.15, -0.1) is 0 Å².